The largest absolute Gasteiger partial charge is 0.508 e. The molecule has 5 nitrogen and oxygen atoms in total. The Balaban J connectivity index is 1.77. The quantitative estimate of drug-likeness (QED) is 0.856. The summed E-state index contributed by atoms with van der Waals surface area (Å²) in [7, 11) is 0. The second kappa shape index (κ2) is 6.74. The van der Waals surface area contributed by atoms with Crippen LogP contribution in [0.15, 0.2) is 48.5 Å². The van der Waals surface area contributed by atoms with Crippen LogP contribution >= 0.6 is 0 Å². The summed E-state index contributed by atoms with van der Waals surface area (Å²) in [5.41, 5.74) is 7.13. The van der Waals surface area contributed by atoms with E-state index in [4.69, 9.17) is 5.73 Å². The van der Waals surface area contributed by atoms with Gasteiger partial charge in [-0.15, -0.1) is 0 Å². The van der Waals surface area contributed by atoms with Crippen molar-refractivity contribution in [2.45, 2.75) is 19.4 Å². The Bertz CT molecular complexity index is 734. The summed E-state index contributed by atoms with van der Waals surface area (Å²) >= 11 is 0. The van der Waals surface area contributed by atoms with Crippen molar-refractivity contribution in [3.05, 3.63) is 65.2 Å². The zero-order chi connectivity index (χ0) is 17.1. The van der Waals surface area contributed by atoms with Crippen molar-refractivity contribution in [1.29, 1.82) is 0 Å². The highest BCUT2D eigenvalue weighted by atomic mass is 16.3. The van der Waals surface area contributed by atoms with Crippen molar-refractivity contribution in [3.63, 3.8) is 0 Å². The summed E-state index contributed by atoms with van der Waals surface area (Å²) in [5, 5.41) is 9.39. The van der Waals surface area contributed by atoms with Gasteiger partial charge in [0.2, 0.25) is 5.91 Å². The highest BCUT2D eigenvalue weighted by molar-refractivity contribution is 5.97. The molecule has 0 aromatic heterocycles. The minimum atomic E-state index is -0.507. The highest BCUT2D eigenvalue weighted by Crippen LogP contribution is 2.30. The molecule has 0 atom stereocenters. The second-order valence-electron chi connectivity index (χ2n) is 6.24. The Labute approximate surface area is 140 Å². The summed E-state index contributed by atoms with van der Waals surface area (Å²) in [6.07, 6.45) is 2.31. The molecule has 0 saturated heterocycles. The SMILES string of the molecule is NC(=O)c1ccc(C(=O)N(Cc2ccc(O)cc2)CC2CC2)cc1. The average molecular weight is 324 g/mol. The number of aromatic hydroxyl groups is 1. The fourth-order valence-electron chi connectivity index (χ4n) is 2.61. The number of benzene rings is 2. The highest BCUT2D eigenvalue weighted by Gasteiger charge is 2.27. The lowest BCUT2D eigenvalue weighted by Gasteiger charge is -2.23. The number of hydrogen-bond donors (Lipinski definition) is 2. The molecule has 3 N–H and O–H groups in total. The number of nitrogens with two attached hydrogens (primary N) is 1. The summed E-state index contributed by atoms with van der Waals surface area (Å²) in [4.78, 5) is 25.8. The minimum absolute atomic E-state index is 0.0639. The molecule has 24 heavy (non-hydrogen) atoms. The Morgan fingerprint density at radius 3 is 2.12 bits per heavy atom. The standard InChI is InChI=1S/C19H20N2O3/c20-18(23)15-5-7-16(8-6-15)19(24)21(11-13-1-2-13)12-14-3-9-17(22)10-4-14/h3-10,13,22H,1-2,11-12H2,(H2,20,23). The van der Waals surface area contributed by atoms with E-state index < -0.39 is 5.91 Å². The first-order chi connectivity index (χ1) is 11.5. The fraction of sp³-hybridized carbons (Fsp3) is 0.263. The third kappa shape index (κ3) is 3.93. The maximum absolute atomic E-state index is 12.8. The van der Waals surface area contributed by atoms with E-state index >= 15 is 0 Å². The van der Waals surface area contributed by atoms with E-state index in [2.05, 4.69) is 0 Å². The molecular formula is C19H20N2O3. The van der Waals surface area contributed by atoms with Crippen molar-refractivity contribution in [2.24, 2.45) is 11.7 Å². The molecule has 124 valence electrons. The predicted molar refractivity (Wildman–Crippen MR) is 90.5 cm³/mol. The van der Waals surface area contributed by atoms with Crippen LogP contribution in [-0.2, 0) is 6.54 Å². The predicted octanol–water partition coefficient (Wildman–Crippen LogP) is 2.54. The van der Waals surface area contributed by atoms with Crippen molar-refractivity contribution in [3.8, 4) is 5.75 Å². The summed E-state index contributed by atoms with van der Waals surface area (Å²) in [6.45, 7) is 1.21. The van der Waals surface area contributed by atoms with Crippen LogP contribution in [0.25, 0.3) is 0 Å². The van der Waals surface area contributed by atoms with Crippen LogP contribution in [-0.4, -0.2) is 28.4 Å². The van der Waals surface area contributed by atoms with Crippen LogP contribution in [0.1, 0.15) is 39.1 Å². The van der Waals surface area contributed by atoms with E-state index in [1.165, 1.54) is 0 Å². The molecule has 0 heterocycles. The van der Waals surface area contributed by atoms with Gasteiger partial charge < -0.3 is 15.7 Å². The molecule has 1 aliphatic carbocycles. The fourth-order valence-corrected chi connectivity index (χ4v) is 2.61. The Morgan fingerprint density at radius 2 is 1.58 bits per heavy atom. The van der Waals surface area contributed by atoms with Gasteiger partial charge in [0.25, 0.3) is 5.91 Å². The van der Waals surface area contributed by atoms with Crippen molar-refractivity contribution < 1.29 is 14.7 Å². The topological polar surface area (TPSA) is 83.6 Å². The van der Waals surface area contributed by atoms with Gasteiger partial charge in [0, 0.05) is 24.2 Å². The van der Waals surface area contributed by atoms with Gasteiger partial charge in [-0.25, -0.2) is 0 Å². The first-order valence-electron chi connectivity index (χ1n) is 8.00. The summed E-state index contributed by atoms with van der Waals surface area (Å²) in [6, 6.07) is 13.3. The minimum Gasteiger partial charge on any atom is -0.508 e. The molecule has 0 aliphatic heterocycles. The van der Waals surface area contributed by atoms with E-state index in [1.807, 2.05) is 17.0 Å². The molecule has 2 aromatic rings. The lowest BCUT2D eigenvalue weighted by Crippen LogP contribution is -2.32. The number of nitrogens with zero attached hydrogens (tertiary/aromatic N) is 1. The molecule has 2 aromatic carbocycles. The molecule has 0 unspecified atom stereocenters. The smallest absolute Gasteiger partial charge is 0.254 e. The lowest BCUT2D eigenvalue weighted by atomic mass is 10.1. The van der Waals surface area contributed by atoms with Crippen LogP contribution in [0.4, 0.5) is 0 Å². The average Bonchev–Trinajstić information content (AvgIpc) is 3.40. The van der Waals surface area contributed by atoms with Crippen LogP contribution in [0.3, 0.4) is 0 Å². The Morgan fingerprint density at radius 1 is 1.00 bits per heavy atom. The van der Waals surface area contributed by atoms with Crippen LogP contribution in [0, 0.1) is 5.92 Å². The molecule has 0 spiro atoms. The van der Waals surface area contributed by atoms with Gasteiger partial charge >= 0.3 is 0 Å². The van der Waals surface area contributed by atoms with E-state index in [0.717, 1.165) is 24.9 Å². The summed E-state index contributed by atoms with van der Waals surface area (Å²) in [5.74, 6) is 0.204. The molecule has 1 saturated carbocycles. The number of amides is 2. The van der Waals surface area contributed by atoms with Gasteiger partial charge in [-0.05, 0) is 60.7 Å². The van der Waals surface area contributed by atoms with Gasteiger partial charge in [-0.3, -0.25) is 9.59 Å². The summed E-state index contributed by atoms with van der Waals surface area (Å²) < 4.78 is 0. The first-order valence-corrected chi connectivity index (χ1v) is 8.00. The van der Waals surface area contributed by atoms with Gasteiger partial charge in [0.1, 0.15) is 5.75 Å². The molecule has 1 fully saturated rings. The van der Waals surface area contributed by atoms with E-state index in [0.29, 0.717) is 23.6 Å². The first kappa shape index (κ1) is 16.1. The number of primary amides is 1. The zero-order valence-electron chi connectivity index (χ0n) is 13.3. The van der Waals surface area contributed by atoms with Crippen molar-refractivity contribution >= 4 is 11.8 Å². The molecule has 2 amide bonds. The van der Waals surface area contributed by atoms with Crippen LogP contribution in [0.5, 0.6) is 5.75 Å². The van der Waals surface area contributed by atoms with Crippen molar-refractivity contribution in [2.75, 3.05) is 6.54 Å². The molecule has 1 aliphatic rings. The molecule has 0 bridgehead atoms. The van der Waals surface area contributed by atoms with E-state index in [-0.39, 0.29) is 11.7 Å². The van der Waals surface area contributed by atoms with Crippen LogP contribution < -0.4 is 5.73 Å². The monoisotopic (exact) mass is 324 g/mol. The molecular weight excluding hydrogens is 304 g/mol. The second-order valence-corrected chi connectivity index (χ2v) is 6.24. The van der Waals surface area contributed by atoms with Gasteiger partial charge in [0.05, 0.1) is 0 Å². The van der Waals surface area contributed by atoms with Gasteiger partial charge in [-0.2, -0.15) is 0 Å². The van der Waals surface area contributed by atoms with E-state index in [9.17, 15) is 14.7 Å². The third-order valence-electron chi connectivity index (χ3n) is 4.19. The van der Waals surface area contributed by atoms with Crippen LogP contribution in [0.2, 0.25) is 0 Å². The Hall–Kier alpha value is -2.82. The van der Waals surface area contributed by atoms with Crippen molar-refractivity contribution in [1.82, 2.24) is 4.90 Å². The van der Waals surface area contributed by atoms with Gasteiger partial charge in [-0.1, -0.05) is 12.1 Å². The maximum Gasteiger partial charge on any atom is 0.254 e. The number of carbonyl (C=O) groups is 2. The molecule has 0 radical (unpaired) electrons. The zero-order valence-corrected chi connectivity index (χ0v) is 13.3. The number of hydrogen-bond acceptors (Lipinski definition) is 3. The lowest BCUT2D eigenvalue weighted by molar-refractivity contribution is 0.0734. The normalized spacial score (nSPS) is 13.5. The number of rotatable bonds is 6. The van der Waals surface area contributed by atoms with E-state index in [1.54, 1.807) is 36.4 Å². The van der Waals surface area contributed by atoms with Gasteiger partial charge in [0.15, 0.2) is 0 Å². The third-order valence-corrected chi connectivity index (χ3v) is 4.19. The maximum atomic E-state index is 12.8. The molecule has 5 heteroatoms. The molecule has 3 rings (SSSR count). The Kier molecular flexibility index (Phi) is 4.51. The number of phenolic OH excluding ortho intramolecular Hbond substituents is 1. The number of carbonyl (C=O) groups excluding carboxylic acids is 2. The number of phenols is 1.